The molecule has 2 aromatic rings. The van der Waals surface area contributed by atoms with Gasteiger partial charge in [0.2, 0.25) is 6.23 Å². The van der Waals surface area contributed by atoms with Gasteiger partial charge in [-0.3, -0.25) is 4.57 Å². The van der Waals surface area contributed by atoms with E-state index in [4.69, 9.17) is 10.5 Å². The number of nitrogens with two attached hydrogens (primary N) is 1. The Balaban J connectivity index is 2.09. The van der Waals surface area contributed by atoms with Gasteiger partial charge in [-0.25, -0.2) is 15.0 Å². The number of halogens is 2. The second-order valence-corrected chi connectivity index (χ2v) is 4.15. The number of rotatable bonds is 1. The highest BCUT2D eigenvalue weighted by Gasteiger charge is 2.44. The highest BCUT2D eigenvalue weighted by Crippen LogP contribution is 2.35. The van der Waals surface area contributed by atoms with Crippen molar-refractivity contribution in [2.24, 2.45) is 0 Å². The smallest absolute Gasteiger partial charge is 0.310 e. The summed E-state index contributed by atoms with van der Waals surface area (Å²) in [6.07, 6.45) is -4.49. The molecule has 3 rings (SSSR count). The molecule has 2 aromatic heterocycles. The lowest BCUT2D eigenvalue weighted by Crippen LogP contribution is -2.27. The zero-order chi connectivity index (χ0) is 14.4. The Morgan fingerprint density at radius 1 is 1.30 bits per heavy atom. The zero-order valence-electron chi connectivity index (χ0n) is 9.81. The predicted molar refractivity (Wildman–Crippen MR) is 61.1 cm³/mol. The number of aromatic nitrogens is 4. The summed E-state index contributed by atoms with van der Waals surface area (Å²) < 4.78 is 31.2. The van der Waals surface area contributed by atoms with Gasteiger partial charge in [-0.05, 0) is 0 Å². The van der Waals surface area contributed by atoms with E-state index in [9.17, 15) is 19.0 Å². The van der Waals surface area contributed by atoms with Crippen LogP contribution in [0.25, 0.3) is 11.2 Å². The minimum Gasteiger partial charge on any atom is -0.463 e. The molecule has 0 spiro atoms. The molecule has 0 bridgehead atoms. The summed E-state index contributed by atoms with van der Waals surface area (Å²) >= 11 is 0. The van der Waals surface area contributed by atoms with Crippen LogP contribution in [0, 0.1) is 0 Å². The first-order valence-electron chi connectivity index (χ1n) is 5.51. The lowest BCUT2D eigenvalue weighted by molar-refractivity contribution is -0.0124. The molecule has 4 N–H and O–H groups in total. The normalized spacial score (nSPS) is 26.0. The molecule has 2 unspecified atom stereocenters. The van der Waals surface area contributed by atoms with E-state index in [0.717, 1.165) is 0 Å². The summed E-state index contributed by atoms with van der Waals surface area (Å²) in [5.74, 6) is -0.861. The summed E-state index contributed by atoms with van der Waals surface area (Å²) in [6, 6.07) is 0. The predicted octanol–water partition coefficient (Wildman–Crippen LogP) is -0.233. The Hall–Kier alpha value is -2.33. The van der Waals surface area contributed by atoms with E-state index in [-0.39, 0.29) is 17.0 Å². The molecule has 1 aliphatic heterocycles. The number of hydrogen-bond acceptors (Lipinski definition) is 7. The molecule has 8 nitrogen and oxygen atoms in total. The highest BCUT2D eigenvalue weighted by atomic mass is 19.3. The van der Waals surface area contributed by atoms with Crippen molar-refractivity contribution in [3.8, 4) is 0 Å². The van der Waals surface area contributed by atoms with Crippen molar-refractivity contribution in [2.75, 3.05) is 5.73 Å². The number of nitrogen functional groups attached to an aromatic ring is 1. The SMILES string of the molecule is Nc1ncnc2c1ncn2[C@@H]1OC(=C(F)F)C(O)C1O. The molecule has 0 radical (unpaired) electrons. The van der Waals surface area contributed by atoms with E-state index >= 15 is 0 Å². The second kappa shape index (κ2) is 4.35. The van der Waals surface area contributed by atoms with E-state index in [1.54, 1.807) is 0 Å². The van der Waals surface area contributed by atoms with Crippen molar-refractivity contribution in [3.63, 3.8) is 0 Å². The van der Waals surface area contributed by atoms with E-state index in [2.05, 4.69) is 15.0 Å². The maximum absolute atomic E-state index is 12.6. The first-order valence-corrected chi connectivity index (χ1v) is 5.51. The van der Waals surface area contributed by atoms with E-state index < -0.39 is 30.3 Å². The maximum Gasteiger partial charge on any atom is 0.310 e. The van der Waals surface area contributed by atoms with E-state index in [1.807, 2.05) is 0 Å². The number of anilines is 1. The van der Waals surface area contributed by atoms with Gasteiger partial charge < -0.3 is 20.7 Å². The molecule has 1 fully saturated rings. The van der Waals surface area contributed by atoms with Crippen molar-refractivity contribution in [1.29, 1.82) is 0 Å². The Kier molecular flexibility index (Phi) is 2.76. The van der Waals surface area contributed by atoms with Crippen LogP contribution in [0.5, 0.6) is 0 Å². The van der Waals surface area contributed by atoms with Gasteiger partial charge in [-0.2, -0.15) is 8.78 Å². The average molecular weight is 285 g/mol. The summed E-state index contributed by atoms with van der Waals surface area (Å²) in [5, 5.41) is 19.3. The third-order valence-corrected chi connectivity index (χ3v) is 2.98. The van der Waals surface area contributed by atoms with Gasteiger partial charge in [-0.1, -0.05) is 0 Å². The van der Waals surface area contributed by atoms with Gasteiger partial charge in [0, 0.05) is 0 Å². The van der Waals surface area contributed by atoms with Crippen LogP contribution in [0.1, 0.15) is 6.23 Å². The van der Waals surface area contributed by atoms with Crippen molar-refractivity contribution in [2.45, 2.75) is 18.4 Å². The molecular formula is C10H9F2N5O3. The first-order chi connectivity index (χ1) is 9.50. The van der Waals surface area contributed by atoms with Crippen molar-refractivity contribution >= 4 is 17.0 Å². The zero-order valence-corrected chi connectivity index (χ0v) is 9.81. The number of ether oxygens (including phenoxy) is 1. The fourth-order valence-corrected chi connectivity index (χ4v) is 2.01. The van der Waals surface area contributed by atoms with Crippen LogP contribution in [-0.2, 0) is 4.74 Å². The van der Waals surface area contributed by atoms with Crippen molar-refractivity contribution in [3.05, 3.63) is 24.5 Å². The Morgan fingerprint density at radius 2 is 2.05 bits per heavy atom. The molecule has 0 aliphatic carbocycles. The van der Waals surface area contributed by atoms with Crippen molar-refractivity contribution in [1.82, 2.24) is 19.5 Å². The molecule has 0 saturated carbocycles. The lowest BCUT2D eigenvalue weighted by Gasteiger charge is -2.15. The third-order valence-electron chi connectivity index (χ3n) is 2.98. The minimum atomic E-state index is -2.20. The molecule has 1 aliphatic rings. The van der Waals surface area contributed by atoms with Crippen LogP contribution >= 0.6 is 0 Å². The van der Waals surface area contributed by atoms with Gasteiger partial charge in [0.1, 0.15) is 30.4 Å². The standard InChI is InChI=1S/C10H9F2N5O3/c11-7(12)6-4(18)5(19)10(20-6)17-2-16-3-8(13)14-1-15-9(3)17/h1-2,4-5,10,18-19H,(H2,13,14,15)/t4?,5?,10-/m1/s1. The minimum absolute atomic E-state index is 0.106. The van der Waals surface area contributed by atoms with Crippen molar-refractivity contribution < 1.29 is 23.7 Å². The lowest BCUT2D eigenvalue weighted by atomic mass is 10.2. The molecule has 20 heavy (non-hydrogen) atoms. The summed E-state index contributed by atoms with van der Waals surface area (Å²) in [5.41, 5.74) is 6.05. The topological polar surface area (TPSA) is 119 Å². The number of aliphatic hydroxyl groups excluding tert-OH is 2. The van der Waals surface area contributed by atoms with Crippen LogP contribution < -0.4 is 5.73 Å². The van der Waals surface area contributed by atoms with Crippen LogP contribution in [0.4, 0.5) is 14.6 Å². The molecule has 0 amide bonds. The van der Waals surface area contributed by atoms with Crippen LogP contribution in [0.15, 0.2) is 24.5 Å². The van der Waals surface area contributed by atoms with Gasteiger partial charge in [0.25, 0.3) is 0 Å². The van der Waals surface area contributed by atoms with Gasteiger partial charge >= 0.3 is 6.08 Å². The Bertz CT molecular complexity index is 699. The number of imidazole rings is 1. The molecule has 3 atom stereocenters. The molecule has 10 heteroatoms. The fourth-order valence-electron chi connectivity index (χ4n) is 2.01. The van der Waals surface area contributed by atoms with Crippen LogP contribution in [0.2, 0.25) is 0 Å². The summed E-state index contributed by atoms with van der Waals surface area (Å²) in [7, 11) is 0. The molecular weight excluding hydrogens is 276 g/mol. The molecule has 3 heterocycles. The van der Waals surface area contributed by atoms with Gasteiger partial charge in [0.15, 0.2) is 17.2 Å². The van der Waals surface area contributed by atoms with E-state index in [0.29, 0.717) is 0 Å². The third kappa shape index (κ3) is 1.69. The van der Waals surface area contributed by atoms with Gasteiger partial charge in [0.05, 0.1) is 0 Å². The number of fused-ring (bicyclic) bond motifs is 1. The second-order valence-electron chi connectivity index (χ2n) is 4.15. The Labute approximate surface area is 110 Å². The van der Waals surface area contributed by atoms with Crippen LogP contribution in [0.3, 0.4) is 0 Å². The highest BCUT2D eigenvalue weighted by molar-refractivity contribution is 5.81. The largest absolute Gasteiger partial charge is 0.463 e. The number of aliphatic hydroxyl groups is 2. The monoisotopic (exact) mass is 285 g/mol. The van der Waals surface area contributed by atoms with Crippen LogP contribution in [-0.4, -0.2) is 41.9 Å². The number of nitrogens with zero attached hydrogens (tertiary/aromatic N) is 4. The first kappa shape index (κ1) is 12.7. The van der Waals surface area contributed by atoms with E-state index in [1.165, 1.54) is 17.2 Å². The maximum atomic E-state index is 12.6. The quantitative estimate of drug-likeness (QED) is 0.661. The summed E-state index contributed by atoms with van der Waals surface area (Å²) in [6.45, 7) is 0. The average Bonchev–Trinajstić information content (AvgIpc) is 2.94. The number of hydrogen-bond donors (Lipinski definition) is 3. The fraction of sp³-hybridized carbons (Fsp3) is 0.300. The molecule has 106 valence electrons. The molecule has 1 saturated heterocycles. The summed E-state index contributed by atoms with van der Waals surface area (Å²) in [4.78, 5) is 11.6. The Morgan fingerprint density at radius 3 is 2.70 bits per heavy atom. The van der Waals surface area contributed by atoms with Gasteiger partial charge in [-0.15, -0.1) is 0 Å². The molecule has 0 aromatic carbocycles.